The molecular formula is C19H23N3O. The van der Waals surface area contributed by atoms with Gasteiger partial charge in [-0.1, -0.05) is 42.5 Å². The Morgan fingerprint density at radius 2 is 1.87 bits per heavy atom. The van der Waals surface area contributed by atoms with Crippen LogP contribution in [-0.4, -0.2) is 37.0 Å². The highest BCUT2D eigenvalue weighted by Crippen LogP contribution is 2.28. The van der Waals surface area contributed by atoms with E-state index in [0.717, 1.165) is 31.0 Å². The molecule has 2 aromatic rings. The highest BCUT2D eigenvalue weighted by molar-refractivity contribution is 5.84. The first-order valence-corrected chi connectivity index (χ1v) is 8.17. The molecule has 0 radical (unpaired) electrons. The van der Waals surface area contributed by atoms with Gasteiger partial charge >= 0.3 is 0 Å². The molecule has 23 heavy (non-hydrogen) atoms. The van der Waals surface area contributed by atoms with Gasteiger partial charge in [-0.3, -0.25) is 4.79 Å². The van der Waals surface area contributed by atoms with Gasteiger partial charge in [0, 0.05) is 26.2 Å². The lowest BCUT2D eigenvalue weighted by Gasteiger charge is -2.33. The Labute approximate surface area is 137 Å². The Kier molecular flexibility index (Phi) is 4.81. The van der Waals surface area contributed by atoms with Gasteiger partial charge in [0.15, 0.2) is 0 Å². The van der Waals surface area contributed by atoms with Crippen LogP contribution in [0.1, 0.15) is 12.5 Å². The summed E-state index contributed by atoms with van der Waals surface area (Å²) in [5, 5.41) is 3.38. The van der Waals surface area contributed by atoms with Crippen molar-refractivity contribution in [3.8, 4) is 0 Å². The number of para-hydroxylation sites is 2. The lowest BCUT2D eigenvalue weighted by atomic mass is 10.2. The van der Waals surface area contributed by atoms with Crippen molar-refractivity contribution < 1.29 is 4.79 Å². The van der Waals surface area contributed by atoms with Crippen LogP contribution in [0.4, 0.5) is 11.4 Å². The van der Waals surface area contributed by atoms with Gasteiger partial charge in [-0.15, -0.1) is 0 Å². The summed E-state index contributed by atoms with van der Waals surface area (Å²) >= 11 is 0. The molecule has 0 bridgehead atoms. The highest BCUT2D eigenvalue weighted by Gasteiger charge is 2.21. The first-order valence-electron chi connectivity index (χ1n) is 8.17. The van der Waals surface area contributed by atoms with Crippen LogP contribution in [0.5, 0.6) is 0 Å². The second-order valence-electron chi connectivity index (χ2n) is 5.76. The molecule has 0 aliphatic carbocycles. The van der Waals surface area contributed by atoms with Gasteiger partial charge in [0.25, 0.3) is 0 Å². The summed E-state index contributed by atoms with van der Waals surface area (Å²) in [5.41, 5.74) is 3.39. The summed E-state index contributed by atoms with van der Waals surface area (Å²) in [6.45, 7) is 5.58. The summed E-state index contributed by atoms with van der Waals surface area (Å²) < 4.78 is 0. The maximum atomic E-state index is 12.7. The molecule has 120 valence electrons. The first-order chi connectivity index (χ1) is 11.3. The van der Waals surface area contributed by atoms with E-state index in [4.69, 9.17) is 0 Å². The number of nitrogens with zero attached hydrogens (tertiary/aromatic N) is 2. The first kappa shape index (κ1) is 15.4. The summed E-state index contributed by atoms with van der Waals surface area (Å²) in [7, 11) is 0. The van der Waals surface area contributed by atoms with E-state index in [1.54, 1.807) is 0 Å². The zero-order valence-corrected chi connectivity index (χ0v) is 13.5. The summed E-state index contributed by atoms with van der Waals surface area (Å²) in [5.74, 6) is 0.174. The van der Waals surface area contributed by atoms with Crippen molar-refractivity contribution in [1.29, 1.82) is 0 Å². The minimum Gasteiger partial charge on any atom is -0.382 e. The number of carbonyl (C=O) groups is 1. The van der Waals surface area contributed by atoms with Crippen LogP contribution in [0.25, 0.3) is 0 Å². The lowest BCUT2D eigenvalue weighted by Crippen LogP contribution is -2.43. The molecule has 1 N–H and O–H groups in total. The van der Waals surface area contributed by atoms with Crippen molar-refractivity contribution in [2.24, 2.45) is 0 Å². The Hall–Kier alpha value is -2.49. The van der Waals surface area contributed by atoms with Gasteiger partial charge in [-0.05, 0) is 24.6 Å². The minimum absolute atomic E-state index is 0.174. The number of fused-ring (bicyclic) bond motifs is 1. The normalized spacial score (nSPS) is 13.2. The van der Waals surface area contributed by atoms with Gasteiger partial charge < -0.3 is 15.1 Å². The van der Waals surface area contributed by atoms with Gasteiger partial charge in [0.1, 0.15) is 0 Å². The number of likely N-dealkylation sites (N-methyl/N-ethyl adjacent to an activating group) is 1. The molecule has 2 aromatic carbocycles. The maximum Gasteiger partial charge on any atom is 0.242 e. The van der Waals surface area contributed by atoms with E-state index in [1.807, 2.05) is 42.2 Å². The fourth-order valence-corrected chi connectivity index (χ4v) is 2.95. The fraction of sp³-hybridized carbons (Fsp3) is 0.316. The number of anilines is 2. The van der Waals surface area contributed by atoms with Crippen molar-refractivity contribution in [3.05, 3.63) is 60.2 Å². The molecule has 1 heterocycles. The van der Waals surface area contributed by atoms with Gasteiger partial charge in [0.2, 0.25) is 5.91 Å². The summed E-state index contributed by atoms with van der Waals surface area (Å²) in [6, 6.07) is 18.3. The molecule has 1 aliphatic heterocycles. The standard InChI is InChI=1S/C19H23N3O/c1-2-21(14-16-8-4-3-5-9-16)19(23)15-22-13-12-20-17-10-6-7-11-18(17)22/h3-11,20H,2,12-15H2,1H3. The molecule has 1 amide bonds. The van der Waals surface area contributed by atoms with Crippen molar-refractivity contribution in [1.82, 2.24) is 4.90 Å². The molecule has 1 aliphatic rings. The molecule has 0 saturated heterocycles. The number of benzene rings is 2. The Morgan fingerprint density at radius 1 is 1.13 bits per heavy atom. The van der Waals surface area contributed by atoms with Crippen molar-refractivity contribution in [2.75, 3.05) is 36.4 Å². The van der Waals surface area contributed by atoms with Gasteiger partial charge in [-0.25, -0.2) is 0 Å². The summed E-state index contributed by atoms with van der Waals surface area (Å²) in [4.78, 5) is 16.8. The largest absolute Gasteiger partial charge is 0.382 e. The van der Waals surface area contributed by atoms with E-state index < -0.39 is 0 Å². The van der Waals surface area contributed by atoms with Crippen LogP contribution in [0.3, 0.4) is 0 Å². The zero-order chi connectivity index (χ0) is 16.1. The third-order valence-electron chi connectivity index (χ3n) is 4.22. The van der Waals surface area contributed by atoms with Crippen molar-refractivity contribution in [3.63, 3.8) is 0 Å². The van der Waals surface area contributed by atoms with Crippen LogP contribution in [0.15, 0.2) is 54.6 Å². The maximum absolute atomic E-state index is 12.7. The molecule has 0 fully saturated rings. The van der Waals surface area contributed by atoms with Crippen LogP contribution < -0.4 is 10.2 Å². The number of amides is 1. The second kappa shape index (κ2) is 7.18. The fourth-order valence-electron chi connectivity index (χ4n) is 2.95. The quantitative estimate of drug-likeness (QED) is 0.922. The molecule has 4 heteroatoms. The topological polar surface area (TPSA) is 35.6 Å². The minimum atomic E-state index is 0.174. The average Bonchev–Trinajstić information content (AvgIpc) is 2.61. The predicted molar refractivity (Wildman–Crippen MR) is 94.7 cm³/mol. The van der Waals surface area contributed by atoms with E-state index in [1.165, 1.54) is 5.56 Å². The summed E-state index contributed by atoms with van der Waals surface area (Å²) in [6.07, 6.45) is 0. The van der Waals surface area contributed by atoms with Crippen LogP contribution >= 0.6 is 0 Å². The van der Waals surface area contributed by atoms with Gasteiger partial charge in [0.05, 0.1) is 17.9 Å². The van der Waals surface area contributed by atoms with Crippen LogP contribution in [0, 0.1) is 0 Å². The number of rotatable bonds is 5. The number of hydrogen-bond acceptors (Lipinski definition) is 3. The molecule has 3 rings (SSSR count). The monoisotopic (exact) mass is 309 g/mol. The van der Waals surface area contributed by atoms with E-state index in [2.05, 4.69) is 34.5 Å². The molecular weight excluding hydrogens is 286 g/mol. The SMILES string of the molecule is CCN(Cc1ccccc1)C(=O)CN1CCNc2ccccc21. The van der Waals surface area contributed by atoms with E-state index in [0.29, 0.717) is 13.1 Å². The molecule has 0 saturated carbocycles. The van der Waals surface area contributed by atoms with Crippen LogP contribution in [-0.2, 0) is 11.3 Å². The zero-order valence-electron chi connectivity index (χ0n) is 13.5. The third-order valence-corrected chi connectivity index (χ3v) is 4.22. The average molecular weight is 309 g/mol. The molecule has 0 unspecified atom stereocenters. The molecule has 0 aromatic heterocycles. The van der Waals surface area contributed by atoms with Crippen LogP contribution in [0.2, 0.25) is 0 Å². The smallest absolute Gasteiger partial charge is 0.242 e. The Balaban J connectivity index is 1.68. The molecule has 0 spiro atoms. The molecule has 0 atom stereocenters. The number of carbonyl (C=O) groups excluding carboxylic acids is 1. The number of hydrogen-bond donors (Lipinski definition) is 1. The van der Waals surface area contributed by atoms with E-state index >= 15 is 0 Å². The Bertz CT molecular complexity index is 657. The Morgan fingerprint density at radius 3 is 2.65 bits per heavy atom. The lowest BCUT2D eigenvalue weighted by molar-refractivity contribution is -0.130. The molecule has 4 nitrogen and oxygen atoms in total. The van der Waals surface area contributed by atoms with E-state index in [9.17, 15) is 4.79 Å². The number of nitrogens with one attached hydrogen (secondary N) is 1. The second-order valence-corrected chi connectivity index (χ2v) is 5.76. The third kappa shape index (κ3) is 3.65. The highest BCUT2D eigenvalue weighted by atomic mass is 16.2. The van der Waals surface area contributed by atoms with E-state index in [-0.39, 0.29) is 5.91 Å². The van der Waals surface area contributed by atoms with Gasteiger partial charge in [-0.2, -0.15) is 0 Å². The van der Waals surface area contributed by atoms with Crippen molar-refractivity contribution in [2.45, 2.75) is 13.5 Å². The van der Waals surface area contributed by atoms with Crippen molar-refractivity contribution >= 4 is 17.3 Å². The predicted octanol–water partition coefficient (Wildman–Crippen LogP) is 2.97.